The van der Waals surface area contributed by atoms with Crippen LogP contribution in [0.1, 0.15) is 21.7 Å². The van der Waals surface area contributed by atoms with Gasteiger partial charge in [0.1, 0.15) is 17.1 Å². The number of fused-ring (bicyclic) bond motifs is 1. The van der Waals surface area contributed by atoms with Crippen molar-refractivity contribution in [2.24, 2.45) is 0 Å². The number of benzene rings is 2. The van der Waals surface area contributed by atoms with Crippen LogP contribution in [0.2, 0.25) is 0 Å². The Balaban J connectivity index is 1.98. The molecule has 3 aromatic rings. The summed E-state index contributed by atoms with van der Waals surface area (Å²) in [5.74, 6) is 0.543. The van der Waals surface area contributed by atoms with E-state index >= 15 is 0 Å². The van der Waals surface area contributed by atoms with Gasteiger partial charge in [0.25, 0.3) is 0 Å². The number of hydrogen-bond acceptors (Lipinski definition) is 3. The average Bonchev–Trinajstić information content (AvgIpc) is 2.89. The zero-order valence-electron chi connectivity index (χ0n) is 11.5. The van der Waals surface area contributed by atoms with Crippen molar-refractivity contribution in [2.75, 3.05) is 7.11 Å². The first-order valence-corrected chi connectivity index (χ1v) is 6.51. The Morgan fingerprint density at radius 2 is 2.10 bits per heavy atom. The fraction of sp³-hybridized carbons (Fsp3) is 0.125. The molecule has 0 amide bonds. The number of aromatic nitrogens is 2. The summed E-state index contributed by atoms with van der Waals surface area (Å²) in [6.45, 7) is 0. The minimum Gasteiger partial charge on any atom is -0.497 e. The van der Waals surface area contributed by atoms with E-state index in [9.17, 15) is 9.90 Å². The van der Waals surface area contributed by atoms with E-state index in [0.29, 0.717) is 11.9 Å². The summed E-state index contributed by atoms with van der Waals surface area (Å²) in [6.07, 6.45) is 0.588. The summed E-state index contributed by atoms with van der Waals surface area (Å²) < 4.78 is 5.19. The molecule has 0 radical (unpaired) electrons. The van der Waals surface area contributed by atoms with E-state index < -0.39 is 5.97 Å². The van der Waals surface area contributed by atoms with Crippen LogP contribution < -0.4 is 4.74 Å². The Morgan fingerprint density at radius 1 is 1.29 bits per heavy atom. The third kappa shape index (κ3) is 2.58. The van der Waals surface area contributed by atoms with Crippen LogP contribution in [0.5, 0.6) is 5.75 Å². The number of carboxylic acid groups (broad SMARTS) is 1. The first kappa shape index (κ1) is 13.2. The highest BCUT2D eigenvalue weighted by molar-refractivity contribution is 6.00. The van der Waals surface area contributed by atoms with Gasteiger partial charge in [-0.15, -0.1) is 0 Å². The summed E-state index contributed by atoms with van der Waals surface area (Å²) in [5, 5.41) is 9.18. The molecule has 1 aromatic heterocycles. The number of carboxylic acids is 1. The number of nitrogens with one attached hydrogen (secondary N) is 1. The first-order valence-electron chi connectivity index (χ1n) is 6.51. The maximum absolute atomic E-state index is 11.2. The van der Waals surface area contributed by atoms with Gasteiger partial charge < -0.3 is 14.8 Å². The zero-order valence-corrected chi connectivity index (χ0v) is 11.5. The number of nitrogens with zero attached hydrogens (tertiary/aromatic N) is 1. The van der Waals surface area contributed by atoms with E-state index in [1.54, 1.807) is 19.2 Å². The van der Waals surface area contributed by atoms with Crippen molar-refractivity contribution in [3.05, 3.63) is 59.4 Å². The monoisotopic (exact) mass is 282 g/mol. The molecule has 21 heavy (non-hydrogen) atoms. The molecule has 2 aromatic carbocycles. The normalized spacial score (nSPS) is 10.7. The Kier molecular flexibility index (Phi) is 3.31. The number of rotatable bonds is 4. The van der Waals surface area contributed by atoms with E-state index in [4.69, 9.17) is 4.74 Å². The molecule has 0 aliphatic heterocycles. The minimum absolute atomic E-state index is 0.209. The van der Waals surface area contributed by atoms with Gasteiger partial charge in [-0.25, -0.2) is 9.78 Å². The molecular formula is C16H14N2O3. The molecular weight excluding hydrogens is 268 g/mol. The number of carbonyl (C=O) groups is 1. The molecule has 2 N–H and O–H groups in total. The van der Waals surface area contributed by atoms with Gasteiger partial charge in [0.05, 0.1) is 18.2 Å². The SMILES string of the molecule is COc1cccc(Cc2nc3c(C(=O)O)cccc3[nH]2)c1. The van der Waals surface area contributed by atoms with Gasteiger partial charge in [-0.05, 0) is 29.8 Å². The van der Waals surface area contributed by atoms with Gasteiger partial charge in [0.2, 0.25) is 0 Å². The number of H-pyrrole nitrogens is 1. The molecule has 0 aliphatic rings. The van der Waals surface area contributed by atoms with Gasteiger partial charge in [-0.3, -0.25) is 0 Å². The van der Waals surface area contributed by atoms with Crippen molar-refractivity contribution in [2.45, 2.75) is 6.42 Å². The van der Waals surface area contributed by atoms with Crippen molar-refractivity contribution in [3.63, 3.8) is 0 Å². The summed E-state index contributed by atoms with van der Waals surface area (Å²) in [4.78, 5) is 18.8. The van der Waals surface area contributed by atoms with E-state index in [2.05, 4.69) is 9.97 Å². The number of para-hydroxylation sites is 1. The van der Waals surface area contributed by atoms with Gasteiger partial charge in [0, 0.05) is 6.42 Å². The number of ether oxygens (including phenoxy) is 1. The fourth-order valence-corrected chi connectivity index (χ4v) is 2.32. The first-order chi connectivity index (χ1) is 10.2. The Morgan fingerprint density at radius 3 is 2.86 bits per heavy atom. The van der Waals surface area contributed by atoms with Gasteiger partial charge in [-0.1, -0.05) is 18.2 Å². The van der Waals surface area contributed by atoms with Crippen molar-refractivity contribution >= 4 is 17.0 Å². The highest BCUT2D eigenvalue weighted by Gasteiger charge is 2.12. The third-order valence-corrected chi connectivity index (χ3v) is 3.30. The molecule has 5 heteroatoms. The summed E-state index contributed by atoms with van der Waals surface area (Å²) >= 11 is 0. The summed E-state index contributed by atoms with van der Waals surface area (Å²) in [7, 11) is 1.62. The molecule has 5 nitrogen and oxygen atoms in total. The van der Waals surface area contributed by atoms with Crippen molar-refractivity contribution < 1.29 is 14.6 Å². The number of hydrogen-bond donors (Lipinski definition) is 2. The quantitative estimate of drug-likeness (QED) is 0.771. The lowest BCUT2D eigenvalue weighted by atomic mass is 10.1. The summed E-state index contributed by atoms with van der Waals surface area (Å²) in [6, 6.07) is 12.8. The number of aromatic amines is 1. The van der Waals surface area contributed by atoms with E-state index in [0.717, 1.165) is 22.7 Å². The minimum atomic E-state index is -0.972. The van der Waals surface area contributed by atoms with Crippen molar-refractivity contribution in [3.8, 4) is 5.75 Å². The predicted octanol–water partition coefficient (Wildman–Crippen LogP) is 2.86. The van der Waals surface area contributed by atoms with Crippen LogP contribution in [-0.2, 0) is 6.42 Å². The van der Waals surface area contributed by atoms with Gasteiger partial charge in [-0.2, -0.15) is 0 Å². The smallest absolute Gasteiger partial charge is 0.337 e. The second kappa shape index (κ2) is 5.28. The zero-order chi connectivity index (χ0) is 14.8. The number of methoxy groups -OCH3 is 1. The molecule has 0 atom stereocenters. The van der Waals surface area contributed by atoms with E-state index in [1.807, 2.05) is 30.3 Å². The molecule has 0 bridgehead atoms. The summed E-state index contributed by atoms with van der Waals surface area (Å²) in [5.41, 5.74) is 2.47. The largest absolute Gasteiger partial charge is 0.497 e. The topological polar surface area (TPSA) is 75.2 Å². The van der Waals surface area contributed by atoms with Crippen molar-refractivity contribution in [1.29, 1.82) is 0 Å². The molecule has 0 saturated carbocycles. The van der Waals surface area contributed by atoms with Crippen LogP contribution in [0.3, 0.4) is 0 Å². The lowest BCUT2D eigenvalue weighted by Gasteiger charge is -2.02. The highest BCUT2D eigenvalue weighted by Crippen LogP contribution is 2.19. The maximum Gasteiger partial charge on any atom is 0.337 e. The molecule has 3 rings (SSSR count). The molecule has 1 heterocycles. The predicted molar refractivity (Wildman–Crippen MR) is 78.9 cm³/mol. The molecule has 106 valence electrons. The van der Waals surface area contributed by atoms with E-state index in [-0.39, 0.29) is 5.56 Å². The van der Waals surface area contributed by atoms with Crippen LogP contribution >= 0.6 is 0 Å². The van der Waals surface area contributed by atoms with Crippen LogP contribution in [0.25, 0.3) is 11.0 Å². The number of imidazole rings is 1. The second-order valence-corrected chi connectivity index (χ2v) is 4.72. The standard InChI is InChI=1S/C16H14N2O3/c1-21-11-5-2-4-10(8-11)9-14-17-13-7-3-6-12(16(19)20)15(13)18-14/h2-8H,9H2,1H3,(H,17,18)(H,19,20). The lowest BCUT2D eigenvalue weighted by Crippen LogP contribution is -1.97. The maximum atomic E-state index is 11.2. The average molecular weight is 282 g/mol. The van der Waals surface area contributed by atoms with Crippen LogP contribution in [0.4, 0.5) is 0 Å². The number of aromatic carboxylic acids is 1. The van der Waals surface area contributed by atoms with E-state index in [1.165, 1.54) is 0 Å². The molecule has 0 unspecified atom stereocenters. The Hall–Kier alpha value is -2.82. The van der Waals surface area contributed by atoms with Crippen molar-refractivity contribution in [1.82, 2.24) is 9.97 Å². The molecule has 0 aliphatic carbocycles. The van der Waals surface area contributed by atoms with Gasteiger partial charge >= 0.3 is 5.97 Å². The fourth-order valence-electron chi connectivity index (χ4n) is 2.32. The van der Waals surface area contributed by atoms with Gasteiger partial charge in [0.15, 0.2) is 0 Å². The third-order valence-electron chi connectivity index (χ3n) is 3.30. The molecule has 0 fully saturated rings. The Bertz CT molecular complexity index is 808. The van der Waals surface area contributed by atoms with Crippen LogP contribution in [0.15, 0.2) is 42.5 Å². The van der Waals surface area contributed by atoms with Crippen LogP contribution in [0, 0.1) is 0 Å². The van der Waals surface area contributed by atoms with Crippen LogP contribution in [-0.4, -0.2) is 28.2 Å². The lowest BCUT2D eigenvalue weighted by molar-refractivity contribution is 0.0699. The highest BCUT2D eigenvalue weighted by atomic mass is 16.5. The second-order valence-electron chi connectivity index (χ2n) is 4.72. The Labute approximate surface area is 121 Å². The molecule has 0 spiro atoms. The molecule has 0 saturated heterocycles.